The molecule has 4 heteroatoms. The number of hydrogen-bond acceptors (Lipinski definition) is 4. The van der Waals surface area contributed by atoms with Crippen LogP contribution < -0.4 is 10.2 Å². The van der Waals surface area contributed by atoms with Gasteiger partial charge in [-0.25, -0.2) is 0 Å². The van der Waals surface area contributed by atoms with Crippen LogP contribution in [0, 0.1) is 0 Å². The van der Waals surface area contributed by atoms with Crippen molar-refractivity contribution in [3.8, 4) is 22.8 Å². The maximum absolute atomic E-state index is 13.0. The quantitative estimate of drug-likeness (QED) is 0.566. The number of rotatable bonds is 3. The largest absolute Gasteiger partial charge is 0.506 e. The van der Waals surface area contributed by atoms with Gasteiger partial charge in [-0.2, -0.15) is 0 Å². The van der Waals surface area contributed by atoms with Crippen LogP contribution in [-0.4, -0.2) is 10.7 Å². The topological polar surface area (TPSA) is 59.7 Å². The summed E-state index contributed by atoms with van der Waals surface area (Å²) < 4.78 is 12.3. The first-order valence-corrected chi connectivity index (χ1v) is 9.41. The summed E-state index contributed by atoms with van der Waals surface area (Å²) in [6.07, 6.45) is 7.29. The lowest BCUT2D eigenvalue weighted by Crippen LogP contribution is -2.28. The van der Waals surface area contributed by atoms with Gasteiger partial charge in [0.15, 0.2) is 11.0 Å². The van der Waals surface area contributed by atoms with E-state index in [0.717, 1.165) is 11.1 Å². The average Bonchev–Trinajstić information content (AvgIpc) is 2.67. The normalized spacial score (nSPS) is 14.7. The van der Waals surface area contributed by atoms with Gasteiger partial charge >= 0.3 is 0 Å². The van der Waals surface area contributed by atoms with Gasteiger partial charge in [0.25, 0.3) is 0 Å². The zero-order valence-corrected chi connectivity index (χ0v) is 16.7. The first kappa shape index (κ1) is 18.8. The van der Waals surface area contributed by atoms with Crippen LogP contribution in [0.2, 0.25) is 0 Å². The molecule has 29 heavy (non-hydrogen) atoms. The van der Waals surface area contributed by atoms with Gasteiger partial charge in [-0.3, -0.25) is 4.79 Å². The van der Waals surface area contributed by atoms with E-state index in [1.807, 2.05) is 69.3 Å². The van der Waals surface area contributed by atoms with Gasteiger partial charge in [-0.15, -0.1) is 0 Å². The fourth-order valence-electron chi connectivity index (χ4n) is 3.37. The average molecular weight is 386 g/mol. The van der Waals surface area contributed by atoms with Gasteiger partial charge in [0.2, 0.25) is 0 Å². The molecule has 146 valence electrons. The van der Waals surface area contributed by atoms with Gasteiger partial charge < -0.3 is 14.3 Å². The molecule has 0 amide bonds. The fraction of sp³-hybridized carbons (Fsp3) is 0.160. The van der Waals surface area contributed by atoms with Crippen molar-refractivity contribution in [1.82, 2.24) is 0 Å². The summed E-state index contributed by atoms with van der Waals surface area (Å²) in [6, 6.07) is 10.8. The van der Waals surface area contributed by atoms with Crippen molar-refractivity contribution < 1.29 is 14.3 Å². The molecule has 0 unspecified atom stereocenters. The molecule has 2 aromatic carbocycles. The minimum Gasteiger partial charge on any atom is -0.506 e. The Hall–Kier alpha value is -3.53. The maximum atomic E-state index is 13.0. The highest BCUT2D eigenvalue weighted by Crippen LogP contribution is 2.45. The van der Waals surface area contributed by atoms with Crippen LogP contribution in [0.25, 0.3) is 34.4 Å². The number of phenolic OH excluding ortho intramolecular Hbond substituents is 1. The van der Waals surface area contributed by atoms with Crippen molar-refractivity contribution in [3.63, 3.8) is 0 Å². The Balaban J connectivity index is 2.12. The molecule has 2 heterocycles. The maximum Gasteiger partial charge on any atom is 0.197 e. The first-order chi connectivity index (χ1) is 13.8. The number of hydrogen-bond donors (Lipinski definition) is 1. The van der Waals surface area contributed by atoms with Crippen LogP contribution in [0.5, 0.6) is 11.5 Å². The third-order valence-electron chi connectivity index (χ3n) is 4.78. The summed E-state index contributed by atoms with van der Waals surface area (Å²) in [7, 11) is 0. The standard InChI is InChI=1S/C25H22O4/c1-15(2)10-11-18-23-17(12-13-25(3,4)29-23)22(27)21-19(26)14-20(28-24(18)21)16-8-6-5-7-9-16/h5-14,27H,1H2,2-4H3/b11-10+. The lowest BCUT2D eigenvalue weighted by atomic mass is 9.95. The van der Waals surface area contributed by atoms with E-state index in [2.05, 4.69) is 6.58 Å². The zero-order chi connectivity index (χ0) is 20.8. The van der Waals surface area contributed by atoms with E-state index < -0.39 is 5.60 Å². The van der Waals surface area contributed by atoms with E-state index >= 15 is 0 Å². The van der Waals surface area contributed by atoms with E-state index in [9.17, 15) is 9.90 Å². The predicted octanol–water partition coefficient (Wildman–Crippen LogP) is 5.94. The second-order valence-electron chi connectivity index (χ2n) is 7.77. The van der Waals surface area contributed by atoms with Crippen molar-refractivity contribution in [2.45, 2.75) is 26.4 Å². The minimum absolute atomic E-state index is 0.136. The summed E-state index contributed by atoms with van der Waals surface area (Å²) in [5, 5.41) is 11.0. The molecule has 1 N–H and O–H groups in total. The molecule has 1 aliphatic heterocycles. The Morgan fingerprint density at radius 3 is 2.62 bits per heavy atom. The molecule has 4 rings (SSSR count). The second kappa shape index (κ2) is 6.82. The van der Waals surface area contributed by atoms with E-state index in [-0.39, 0.29) is 22.1 Å². The molecule has 3 aromatic rings. The molecule has 0 atom stereocenters. The number of ether oxygens (including phenoxy) is 1. The zero-order valence-electron chi connectivity index (χ0n) is 16.7. The Morgan fingerprint density at radius 2 is 1.93 bits per heavy atom. The molecule has 0 fully saturated rings. The number of fused-ring (bicyclic) bond motifs is 2. The molecule has 1 aromatic heterocycles. The summed E-state index contributed by atoms with van der Waals surface area (Å²) in [5.41, 5.74) is 2.11. The van der Waals surface area contributed by atoms with Gasteiger partial charge in [-0.05, 0) is 39.0 Å². The van der Waals surface area contributed by atoms with Crippen molar-refractivity contribution in [3.05, 3.63) is 82.1 Å². The third-order valence-corrected chi connectivity index (χ3v) is 4.78. The Labute approximate surface area is 169 Å². The number of allylic oxidation sites excluding steroid dienone is 2. The molecule has 0 saturated carbocycles. The second-order valence-corrected chi connectivity index (χ2v) is 7.77. The van der Waals surface area contributed by atoms with E-state index in [1.165, 1.54) is 6.07 Å². The van der Waals surface area contributed by atoms with Gasteiger partial charge in [0, 0.05) is 11.6 Å². The molecule has 1 aliphatic rings. The molecule has 0 radical (unpaired) electrons. The van der Waals surface area contributed by atoms with Crippen molar-refractivity contribution in [2.24, 2.45) is 0 Å². The Morgan fingerprint density at radius 1 is 1.21 bits per heavy atom. The summed E-state index contributed by atoms with van der Waals surface area (Å²) in [6.45, 7) is 9.64. The van der Waals surface area contributed by atoms with Crippen molar-refractivity contribution in [1.29, 1.82) is 0 Å². The molecule has 0 saturated heterocycles. The third kappa shape index (κ3) is 3.38. The summed E-state index contributed by atoms with van der Waals surface area (Å²) in [5.74, 6) is 0.772. The van der Waals surface area contributed by atoms with Crippen molar-refractivity contribution >= 4 is 23.1 Å². The molecular formula is C25H22O4. The van der Waals surface area contributed by atoms with Gasteiger partial charge in [-0.1, -0.05) is 48.6 Å². The fourth-order valence-corrected chi connectivity index (χ4v) is 3.37. The summed E-state index contributed by atoms with van der Waals surface area (Å²) >= 11 is 0. The highest BCUT2D eigenvalue weighted by Gasteiger charge is 2.29. The van der Waals surface area contributed by atoms with Crippen LogP contribution in [0.3, 0.4) is 0 Å². The molecule has 4 nitrogen and oxygen atoms in total. The van der Waals surface area contributed by atoms with Crippen molar-refractivity contribution in [2.75, 3.05) is 0 Å². The molecule has 0 aliphatic carbocycles. The van der Waals surface area contributed by atoms with Crippen LogP contribution in [0.1, 0.15) is 31.9 Å². The Bertz CT molecular complexity index is 1240. The Kier molecular flexibility index (Phi) is 4.42. The number of benzene rings is 2. The van der Waals surface area contributed by atoms with Crippen LogP contribution in [-0.2, 0) is 0 Å². The van der Waals surface area contributed by atoms with Gasteiger partial charge in [0.05, 0.1) is 11.1 Å². The first-order valence-electron chi connectivity index (χ1n) is 9.41. The molecule has 0 spiro atoms. The number of phenols is 1. The van der Waals surface area contributed by atoms with E-state index in [1.54, 1.807) is 6.08 Å². The number of aromatic hydroxyl groups is 1. The van der Waals surface area contributed by atoms with Gasteiger partial charge in [0.1, 0.15) is 28.2 Å². The monoisotopic (exact) mass is 386 g/mol. The van der Waals surface area contributed by atoms with Crippen LogP contribution >= 0.6 is 0 Å². The highest BCUT2D eigenvalue weighted by atomic mass is 16.5. The highest BCUT2D eigenvalue weighted by molar-refractivity contribution is 5.98. The van der Waals surface area contributed by atoms with Crippen LogP contribution in [0.4, 0.5) is 0 Å². The SMILES string of the molecule is C=C(C)/C=C/c1c2c(c(O)c3c(=O)cc(-c4ccccc4)oc13)C=CC(C)(C)O2. The minimum atomic E-state index is -0.559. The lowest BCUT2D eigenvalue weighted by Gasteiger charge is -2.29. The molecule has 0 bridgehead atoms. The predicted molar refractivity (Wildman–Crippen MR) is 117 cm³/mol. The molecular weight excluding hydrogens is 364 g/mol. The lowest BCUT2D eigenvalue weighted by molar-refractivity contribution is 0.158. The summed E-state index contributed by atoms with van der Waals surface area (Å²) in [4.78, 5) is 13.0. The smallest absolute Gasteiger partial charge is 0.197 e. The van der Waals surface area contributed by atoms with E-state index in [4.69, 9.17) is 9.15 Å². The van der Waals surface area contributed by atoms with E-state index in [0.29, 0.717) is 22.6 Å². The van der Waals surface area contributed by atoms with Crippen LogP contribution in [0.15, 0.2) is 69.9 Å².